The van der Waals surface area contributed by atoms with Crippen molar-refractivity contribution in [3.8, 4) is 5.75 Å². The van der Waals surface area contributed by atoms with Crippen LogP contribution < -0.4 is 10.1 Å². The van der Waals surface area contributed by atoms with E-state index in [1.807, 2.05) is 37.3 Å². The van der Waals surface area contributed by atoms with Crippen molar-refractivity contribution < 1.29 is 4.74 Å². The molecule has 0 bridgehead atoms. The molecule has 2 rings (SSSR count). The van der Waals surface area contributed by atoms with E-state index < -0.39 is 0 Å². The number of benzene rings is 2. The van der Waals surface area contributed by atoms with Crippen molar-refractivity contribution in [3.05, 3.63) is 62.6 Å². The average Bonchev–Trinajstić information content (AvgIpc) is 2.45. The highest BCUT2D eigenvalue weighted by Crippen LogP contribution is 2.27. The second kappa shape index (κ2) is 7.37. The molecule has 0 aliphatic rings. The Morgan fingerprint density at radius 3 is 2.38 bits per heavy atom. The van der Waals surface area contributed by atoms with Crippen molar-refractivity contribution in [2.24, 2.45) is 0 Å². The van der Waals surface area contributed by atoms with Gasteiger partial charge in [-0.2, -0.15) is 0 Å². The maximum Gasteiger partial charge on any atom is 0.123 e. The van der Waals surface area contributed by atoms with E-state index in [2.05, 4.69) is 5.32 Å². The SMILES string of the molecule is COc1ccc(Cl)cc1CNC(C)c1ccc(Cl)cc1Cl. The Bertz CT molecular complexity index is 631. The molecule has 0 aliphatic heterocycles. The molecule has 0 fully saturated rings. The fourth-order valence-electron chi connectivity index (χ4n) is 2.11. The molecule has 0 radical (unpaired) electrons. The van der Waals surface area contributed by atoms with Gasteiger partial charge in [-0.1, -0.05) is 40.9 Å². The molecule has 2 nitrogen and oxygen atoms in total. The van der Waals surface area contributed by atoms with Crippen LogP contribution >= 0.6 is 34.8 Å². The Kier molecular flexibility index (Phi) is 5.77. The van der Waals surface area contributed by atoms with E-state index in [0.29, 0.717) is 21.6 Å². The van der Waals surface area contributed by atoms with Gasteiger partial charge in [-0.25, -0.2) is 0 Å². The number of ether oxygens (including phenoxy) is 1. The van der Waals surface area contributed by atoms with Gasteiger partial charge in [0.1, 0.15) is 5.75 Å². The summed E-state index contributed by atoms with van der Waals surface area (Å²) in [4.78, 5) is 0. The van der Waals surface area contributed by atoms with Gasteiger partial charge in [-0.05, 0) is 42.8 Å². The first kappa shape index (κ1) is 16.4. The highest BCUT2D eigenvalue weighted by Gasteiger charge is 2.11. The highest BCUT2D eigenvalue weighted by molar-refractivity contribution is 6.35. The third-order valence-electron chi connectivity index (χ3n) is 3.27. The zero-order valence-corrected chi connectivity index (χ0v) is 14.1. The molecular formula is C16H16Cl3NO. The lowest BCUT2D eigenvalue weighted by Gasteiger charge is -2.17. The van der Waals surface area contributed by atoms with E-state index in [9.17, 15) is 0 Å². The molecule has 1 unspecified atom stereocenters. The second-order valence-electron chi connectivity index (χ2n) is 4.72. The van der Waals surface area contributed by atoms with Gasteiger partial charge in [0.25, 0.3) is 0 Å². The van der Waals surface area contributed by atoms with Gasteiger partial charge >= 0.3 is 0 Å². The molecule has 2 aromatic carbocycles. The minimum absolute atomic E-state index is 0.0819. The van der Waals surface area contributed by atoms with Crippen LogP contribution in [0.15, 0.2) is 36.4 Å². The zero-order valence-electron chi connectivity index (χ0n) is 11.8. The van der Waals surface area contributed by atoms with Gasteiger partial charge in [0, 0.05) is 33.2 Å². The summed E-state index contributed by atoms with van der Waals surface area (Å²) < 4.78 is 5.34. The largest absolute Gasteiger partial charge is 0.496 e. The summed E-state index contributed by atoms with van der Waals surface area (Å²) in [5.41, 5.74) is 2.00. The van der Waals surface area contributed by atoms with Crippen LogP contribution in [0.3, 0.4) is 0 Å². The maximum atomic E-state index is 6.22. The van der Waals surface area contributed by atoms with Crippen molar-refractivity contribution in [2.45, 2.75) is 19.5 Å². The van der Waals surface area contributed by atoms with Crippen molar-refractivity contribution in [3.63, 3.8) is 0 Å². The minimum Gasteiger partial charge on any atom is -0.496 e. The molecule has 0 saturated carbocycles. The summed E-state index contributed by atoms with van der Waals surface area (Å²) in [6.45, 7) is 2.68. The summed E-state index contributed by atoms with van der Waals surface area (Å²) in [6.07, 6.45) is 0. The smallest absolute Gasteiger partial charge is 0.123 e. The first-order valence-electron chi connectivity index (χ1n) is 6.52. The van der Waals surface area contributed by atoms with E-state index in [4.69, 9.17) is 39.5 Å². The monoisotopic (exact) mass is 343 g/mol. The lowest BCUT2D eigenvalue weighted by Crippen LogP contribution is -2.18. The van der Waals surface area contributed by atoms with Crippen LogP contribution in [-0.4, -0.2) is 7.11 Å². The summed E-state index contributed by atoms with van der Waals surface area (Å²) in [5, 5.41) is 5.38. The average molecular weight is 345 g/mol. The number of nitrogens with one attached hydrogen (secondary N) is 1. The molecule has 21 heavy (non-hydrogen) atoms. The second-order valence-corrected chi connectivity index (χ2v) is 6.00. The quantitative estimate of drug-likeness (QED) is 0.772. The number of halogens is 3. The number of hydrogen-bond donors (Lipinski definition) is 1. The zero-order chi connectivity index (χ0) is 15.4. The van der Waals surface area contributed by atoms with Gasteiger partial charge in [0.15, 0.2) is 0 Å². The van der Waals surface area contributed by atoms with E-state index in [-0.39, 0.29) is 6.04 Å². The Hall–Kier alpha value is -0.930. The van der Waals surface area contributed by atoms with Crippen molar-refractivity contribution in [2.75, 3.05) is 7.11 Å². The molecule has 0 aromatic heterocycles. The van der Waals surface area contributed by atoms with Crippen LogP contribution in [0.1, 0.15) is 24.1 Å². The molecule has 0 amide bonds. The Balaban J connectivity index is 2.10. The van der Waals surface area contributed by atoms with Crippen molar-refractivity contribution in [1.29, 1.82) is 0 Å². The van der Waals surface area contributed by atoms with E-state index >= 15 is 0 Å². The predicted molar refractivity (Wildman–Crippen MR) is 89.7 cm³/mol. The fourth-order valence-corrected chi connectivity index (χ4v) is 2.88. The molecule has 1 atom stereocenters. The minimum atomic E-state index is 0.0819. The van der Waals surface area contributed by atoms with Crippen molar-refractivity contribution >= 4 is 34.8 Å². The molecule has 2 aromatic rings. The summed E-state index contributed by atoms with van der Waals surface area (Å²) in [7, 11) is 1.65. The first-order valence-corrected chi connectivity index (χ1v) is 7.65. The number of rotatable bonds is 5. The normalized spacial score (nSPS) is 12.2. The predicted octanol–water partition coefficient (Wildman–Crippen LogP) is 5.51. The third-order valence-corrected chi connectivity index (χ3v) is 4.07. The molecular weight excluding hydrogens is 329 g/mol. The number of hydrogen-bond acceptors (Lipinski definition) is 2. The fraction of sp³-hybridized carbons (Fsp3) is 0.250. The van der Waals surface area contributed by atoms with Gasteiger partial charge in [0.05, 0.1) is 7.11 Å². The first-order chi connectivity index (χ1) is 10.0. The van der Waals surface area contributed by atoms with Crippen LogP contribution in [0, 0.1) is 0 Å². The van der Waals surface area contributed by atoms with Gasteiger partial charge in [0.2, 0.25) is 0 Å². The topological polar surface area (TPSA) is 21.3 Å². The summed E-state index contributed by atoms with van der Waals surface area (Å²) in [5.74, 6) is 0.807. The van der Waals surface area contributed by atoms with Crippen LogP contribution in [0.5, 0.6) is 5.75 Å². The molecule has 5 heteroatoms. The van der Waals surface area contributed by atoms with Gasteiger partial charge < -0.3 is 10.1 Å². The maximum absolute atomic E-state index is 6.22. The Morgan fingerprint density at radius 2 is 1.71 bits per heavy atom. The van der Waals surface area contributed by atoms with Gasteiger partial charge in [-0.3, -0.25) is 0 Å². The van der Waals surface area contributed by atoms with Gasteiger partial charge in [-0.15, -0.1) is 0 Å². The molecule has 0 heterocycles. The van der Waals surface area contributed by atoms with Crippen LogP contribution in [0.2, 0.25) is 15.1 Å². The third kappa shape index (κ3) is 4.27. The van der Waals surface area contributed by atoms with Crippen LogP contribution in [0.4, 0.5) is 0 Å². The molecule has 0 aliphatic carbocycles. The Labute approximate surface area is 140 Å². The van der Waals surface area contributed by atoms with E-state index in [1.165, 1.54) is 0 Å². The molecule has 112 valence electrons. The molecule has 0 saturated heterocycles. The van der Waals surface area contributed by atoms with E-state index in [1.54, 1.807) is 13.2 Å². The van der Waals surface area contributed by atoms with Crippen LogP contribution in [0.25, 0.3) is 0 Å². The van der Waals surface area contributed by atoms with Crippen LogP contribution in [-0.2, 0) is 6.54 Å². The van der Waals surface area contributed by atoms with E-state index in [0.717, 1.165) is 16.9 Å². The lowest BCUT2D eigenvalue weighted by atomic mass is 10.1. The summed E-state index contributed by atoms with van der Waals surface area (Å²) >= 11 is 18.2. The van der Waals surface area contributed by atoms with Crippen molar-refractivity contribution in [1.82, 2.24) is 5.32 Å². The number of methoxy groups -OCH3 is 1. The molecule has 1 N–H and O–H groups in total. The summed E-state index contributed by atoms with van der Waals surface area (Å²) in [6, 6.07) is 11.2. The Morgan fingerprint density at radius 1 is 1.05 bits per heavy atom. The molecule has 0 spiro atoms. The highest BCUT2D eigenvalue weighted by atomic mass is 35.5. The standard InChI is InChI=1S/C16H16Cl3NO/c1-10(14-5-3-13(18)8-15(14)19)20-9-11-7-12(17)4-6-16(11)21-2/h3-8,10,20H,9H2,1-2H3. The lowest BCUT2D eigenvalue weighted by molar-refractivity contribution is 0.406.